The minimum absolute atomic E-state index is 0.0138. The van der Waals surface area contributed by atoms with Crippen molar-refractivity contribution in [2.75, 3.05) is 29.9 Å². The predicted molar refractivity (Wildman–Crippen MR) is 165 cm³/mol. The van der Waals surface area contributed by atoms with E-state index in [1.807, 2.05) is 19.9 Å². The van der Waals surface area contributed by atoms with E-state index in [2.05, 4.69) is 10.2 Å². The first-order chi connectivity index (χ1) is 20.1. The van der Waals surface area contributed by atoms with E-state index in [4.69, 9.17) is 27.9 Å². The number of nitro benzene ring substituents is 1. The van der Waals surface area contributed by atoms with Crippen molar-refractivity contribution in [3.63, 3.8) is 0 Å². The zero-order chi connectivity index (χ0) is 30.4. The Morgan fingerprint density at radius 1 is 1.10 bits per heavy atom. The minimum atomic E-state index is -0.553. The summed E-state index contributed by atoms with van der Waals surface area (Å²) in [5, 5.41) is 14.0. The Hall–Kier alpha value is -4.06. The van der Waals surface area contributed by atoms with Crippen LogP contribution in [0.25, 0.3) is 6.08 Å². The number of carbonyl (C=O) groups is 3. The highest BCUT2D eigenvalue weighted by molar-refractivity contribution is 8.18. The lowest BCUT2D eigenvalue weighted by Crippen LogP contribution is -2.27. The number of nitrogens with zero attached hydrogens (tertiary/aromatic N) is 3. The van der Waals surface area contributed by atoms with Crippen LogP contribution in [0.2, 0.25) is 10.0 Å². The van der Waals surface area contributed by atoms with Crippen LogP contribution in [0, 0.1) is 10.1 Å². The molecule has 1 aliphatic heterocycles. The van der Waals surface area contributed by atoms with Crippen LogP contribution in [-0.4, -0.2) is 46.6 Å². The number of nitrogens with one attached hydrogen (secondary N) is 1. The van der Waals surface area contributed by atoms with Crippen molar-refractivity contribution in [2.45, 2.75) is 20.4 Å². The fourth-order valence-corrected chi connectivity index (χ4v) is 5.49. The first-order valence-corrected chi connectivity index (χ1v) is 14.4. The number of halogens is 2. The highest BCUT2D eigenvalue weighted by Crippen LogP contribution is 2.37. The van der Waals surface area contributed by atoms with Crippen LogP contribution in [0.15, 0.2) is 65.6 Å². The van der Waals surface area contributed by atoms with Crippen LogP contribution < -0.4 is 15.0 Å². The molecule has 1 heterocycles. The van der Waals surface area contributed by atoms with E-state index in [-0.39, 0.29) is 22.8 Å². The van der Waals surface area contributed by atoms with Gasteiger partial charge in [-0.15, -0.1) is 0 Å². The third-order valence-electron chi connectivity index (χ3n) is 6.33. The van der Waals surface area contributed by atoms with Gasteiger partial charge in [-0.05, 0) is 67.6 Å². The molecule has 0 spiro atoms. The van der Waals surface area contributed by atoms with E-state index in [0.29, 0.717) is 26.9 Å². The summed E-state index contributed by atoms with van der Waals surface area (Å²) in [5.41, 5.74) is 2.01. The SMILES string of the molecule is CCN(CC)c1ccc(/C=C2\SC(=O)N(Cc3ccc(Cl)cc3Cl)C2=O)c(OCC(=O)Nc2cccc([N+](=O)[O-])c2)c1. The second-order valence-corrected chi connectivity index (χ2v) is 10.9. The summed E-state index contributed by atoms with van der Waals surface area (Å²) >= 11 is 13.0. The molecular formula is C29H26Cl2N4O6S. The maximum atomic E-state index is 13.2. The largest absolute Gasteiger partial charge is 0.483 e. The molecule has 3 aromatic carbocycles. The number of hydrogen-bond acceptors (Lipinski definition) is 8. The van der Waals surface area contributed by atoms with Crippen LogP contribution in [0.4, 0.5) is 21.9 Å². The van der Waals surface area contributed by atoms with Gasteiger partial charge in [-0.25, -0.2) is 0 Å². The van der Waals surface area contributed by atoms with Crippen molar-refractivity contribution >= 4 is 75.2 Å². The number of ether oxygens (including phenoxy) is 1. The van der Waals surface area contributed by atoms with Crippen molar-refractivity contribution in [3.8, 4) is 5.75 Å². The number of benzene rings is 3. The van der Waals surface area contributed by atoms with Gasteiger partial charge in [0.15, 0.2) is 6.61 Å². The lowest BCUT2D eigenvalue weighted by molar-refractivity contribution is -0.384. The monoisotopic (exact) mass is 628 g/mol. The molecule has 1 aliphatic rings. The molecule has 0 radical (unpaired) electrons. The summed E-state index contributed by atoms with van der Waals surface area (Å²) in [4.78, 5) is 52.5. The van der Waals surface area contributed by atoms with Gasteiger partial charge in [0.05, 0.1) is 16.4 Å². The second kappa shape index (κ2) is 13.7. The first kappa shape index (κ1) is 30.9. The average Bonchev–Trinajstić information content (AvgIpc) is 3.22. The Balaban J connectivity index is 1.56. The minimum Gasteiger partial charge on any atom is -0.483 e. The topological polar surface area (TPSA) is 122 Å². The second-order valence-electron chi connectivity index (χ2n) is 9.04. The average molecular weight is 630 g/mol. The van der Waals surface area contributed by atoms with Crippen molar-refractivity contribution in [3.05, 3.63) is 96.9 Å². The maximum absolute atomic E-state index is 13.2. The van der Waals surface area contributed by atoms with Gasteiger partial charge < -0.3 is 15.0 Å². The fraction of sp³-hybridized carbons (Fsp3) is 0.207. The number of thioether (sulfide) groups is 1. The van der Waals surface area contributed by atoms with Gasteiger partial charge in [0.2, 0.25) is 0 Å². The molecule has 0 bridgehead atoms. The highest BCUT2D eigenvalue weighted by atomic mass is 35.5. The molecule has 0 aromatic heterocycles. The number of anilines is 2. The molecule has 218 valence electrons. The number of amides is 3. The van der Waals surface area contributed by atoms with Gasteiger partial charge in [0, 0.05) is 58.3 Å². The summed E-state index contributed by atoms with van der Waals surface area (Å²) in [5.74, 6) is -0.700. The Labute approximate surface area is 256 Å². The Morgan fingerprint density at radius 2 is 1.86 bits per heavy atom. The van der Waals surface area contributed by atoms with Crippen molar-refractivity contribution in [2.24, 2.45) is 0 Å². The number of non-ortho nitro benzene ring substituents is 1. The smallest absolute Gasteiger partial charge is 0.293 e. The van der Waals surface area contributed by atoms with E-state index in [1.165, 1.54) is 24.3 Å². The quantitative estimate of drug-likeness (QED) is 0.137. The van der Waals surface area contributed by atoms with Gasteiger partial charge in [-0.3, -0.25) is 29.4 Å². The molecule has 13 heteroatoms. The number of nitro groups is 1. The van der Waals surface area contributed by atoms with E-state index in [0.717, 1.165) is 35.4 Å². The van der Waals surface area contributed by atoms with Crippen LogP contribution >= 0.6 is 35.0 Å². The third kappa shape index (κ3) is 7.41. The number of hydrogen-bond donors (Lipinski definition) is 1. The Bertz CT molecular complexity index is 1580. The molecule has 0 saturated carbocycles. The normalized spacial score (nSPS) is 13.9. The summed E-state index contributed by atoms with van der Waals surface area (Å²) in [7, 11) is 0. The molecule has 10 nitrogen and oxygen atoms in total. The maximum Gasteiger partial charge on any atom is 0.293 e. The van der Waals surface area contributed by atoms with Crippen LogP contribution in [-0.2, 0) is 16.1 Å². The van der Waals surface area contributed by atoms with Crippen LogP contribution in [0.5, 0.6) is 5.75 Å². The molecular weight excluding hydrogens is 603 g/mol. The van der Waals surface area contributed by atoms with Crippen LogP contribution in [0.1, 0.15) is 25.0 Å². The van der Waals surface area contributed by atoms with Crippen molar-refractivity contribution in [1.29, 1.82) is 0 Å². The molecule has 3 amide bonds. The molecule has 0 atom stereocenters. The van der Waals surface area contributed by atoms with E-state index >= 15 is 0 Å². The summed E-state index contributed by atoms with van der Waals surface area (Å²) in [6, 6.07) is 15.8. The molecule has 0 aliphatic carbocycles. The van der Waals surface area contributed by atoms with Gasteiger partial charge in [-0.1, -0.05) is 35.3 Å². The number of imide groups is 1. The highest BCUT2D eigenvalue weighted by Gasteiger charge is 2.35. The third-order valence-corrected chi connectivity index (χ3v) is 7.82. The molecule has 0 unspecified atom stereocenters. The molecule has 1 fully saturated rings. The van der Waals surface area contributed by atoms with E-state index in [1.54, 1.807) is 36.4 Å². The Morgan fingerprint density at radius 3 is 2.55 bits per heavy atom. The van der Waals surface area contributed by atoms with Gasteiger partial charge >= 0.3 is 0 Å². The molecule has 1 N–H and O–H groups in total. The van der Waals surface area contributed by atoms with Crippen molar-refractivity contribution < 1.29 is 24.0 Å². The summed E-state index contributed by atoms with van der Waals surface area (Å²) < 4.78 is 5.88. The van der Waals surface area contributed by atoms with Crippen LogP contribution in [0.3, 0.4) is 0 Å². The fourth-order valence-electron chi connectivity index (χ4n) is 4.19. The van der Waals surface area contributed by atoms with E-state index in [9.17, 15) is 24.5 Å². The standard InChI is InChI=1S/C29H26Cl2N4O6S/c1-3-33(4-2)22-11-9-18(25(15-22)41-17-27(36)32-21-6-5-7-23(14-21)35(39)40)12-26-28(37)34(29(38)42-26)16-19-8-10-20(30)13-24(19)31/h5-15H,3-4,16-17H2,1-2H3,(H,32,36)/b26-12-. The molecule has 3 aromatic rings. The van der Waals surface area contributed by atoms with Gasteiger partial charge in [-0.2, -0.15) is 0 Å². The summed E-state index contributed by atoms with van der Waals surface area (Å²) in [6.45, 7) is 5.06. The van der Waals surface area contributed by atoms with Gasteiger partial charge in [0.25, 0.3) is 22.7 Å². The zero-order valence-corrected chi connectivity index (χ0v) is 25.0. The first-order valence-electron chi connectivity index (χ1n) is 12.8. The number of rotatable bonds is 11. The molecule has 1 saturated heterocycles. The summed E-state index contributed by atoms with van der Waals surface area (Å²) in [6.07, 6.45) is 1.55. The van der Waals surface area contributed by atoms with E-state index < -0.39 is 28.6 Å². The lowest BCUT2D eigenvalue weighted by atomic mass is 10.1. The zero-order valence-electron chi connectivity index (χ0n) is 22.6. The lowest BCUT2D eigenvalue weighted by Gasteiger charge is -2.22. The predicted octanol–water partition coefficient (Wildman–Crippen LogP) is 7.00. The molecule has 42 heavy (non-hydrogen) atoms. The van der Waals surface area contributed by atoms with Gasteiger partial charge in [0.1, 0.15) is 5.75 Å². The Kier molecular flexibility index (Phi) is 10.1. The molecule has 4 rings (SSSR count). The number of carbonyl (C=O) groups excluding carboxylic acids is 3. The van der Waals surface area contributed by atoms with Crippen molar-refractivity contribution in [1.82, 2.24) is 4.90 Å².